The second-order valence-corrected chi connectivity index (χ2v) is 6.38. The first kappa shape index (κ1) is 22.9. The van der Waals surface area contributed by atoms with E-state index in [1.165, 1.54) is 32.2 Å². The molecule has 1 aliphatic carbocycles. The van der Waals surface area contributed by atoms with E-state index in [0.717, 1.165) is 45.2 Å². The molecule has 0 bridgehead atoms. The summed E-state index contributed by atoms with van der Waals surface area (Å²) in [7, 11) is 3.64. The van der Waals surface area contributed by atoms with Crippen molar-refractivity contribution in [2.24, 2.45) is 10.4 Å². The molecule has 1 saturated carbocycles. The van der Waals surface area contributed by atoms with E-state index in [9.17, 15) is 0 Å². The molecule has 0 aromatic carbocycles. The molecule has 0 heterocycles. The quantitative estimate of drug-likeness (QED) is 0.295. The molecule has 0 aromatic heterocycles. The largest absolute Gasteiger partial charge is 0.385 e. The second-order valence-electron chi connectivity index (χ2n) is 6.38. The Hall–Kier alpha value is -0.0800. The second kappa shape index (κ2) is 13.2. The van der Waals surface area contributed by atoms with Gasteiger partial charge in [-0.25, -0.2) is 0 Å². The molecule has 0 radical (unpaired) electrons. The number of hydrogen-bond donors (Lipinski definition) is 2. The normalized spacial score (nSPS) is 16.7. The Morgan fingerprint density at radius 3 is 2.43 bits per heavy atom. The van der Waals surface area contributed by atoms with Crippen LogP contribution in [0.1, 0.15) is 46.0 Å². The minimum atomic E-state index is 0. The first-order chi connectivity index (χ1) is 10.7. The summed E-state index contributed by atoms with van der Waals surface area (Å²) in [6.07, 6.45) is 6.32. The molecule has 1 rings (SSSR count). The van der Waals surface area contributed by atoms with E-state index < -0.39 is 0 Å². The fourth-order valence-electron chi connectivity index (χ4n) is 3.08. The van der Waals surface area contributed by atoms with E-state index in [4.69, 9.17) is 4.74 Å². The van der Waals surface area contributed by atoms with Crippen LogP contribution in [-0.2, 0) is 4.74 Å². The Labute approximate surface area is 160 Å². The van der Waals surface area contributed by atoms with Crippen LogP contribution in [0.4, 0.5) is 0 Å². The maximum absolute atomic E-state index is 5.25. The average molecular weight is 440 g/mol. The summed E-state index contributed by atoms with van der Waals surface area (Å²) in [4.78, 5) is 6.81. The van der Waals surface area contributed by atoms with Crippen molar-refractivity contribution >= 4 is 29.9 Å². The number of nitrogens with one attached hydrogen (secondary N) is 2. The summed E-state index contributed by atoms with van der Waals surface area (Å²) in [6.45, 7) is 10.6. The summed E-state index contributed by atoms with van der Waals surface area (Å²) in [5.41, 5.74) is 0.422. The number of nitrogens with zero attached hydrogens (tertiary/aromatic N) is 2. The molecule has 2 N–H and O–H groups in total. The van der Waals surface area contributed by atoms with Crippen molar-refractivity contribution in [3.8, 4) is 0 Å². The number of aliphatic imine (C=N–C) groups is 1. The van der Waals surface area contributed by atoms with Gasteiger partial charge in [0.15, 0.2) is 5.96 Å². The Kier molecular flexibility index (Phi) is 13.2. The van der Waals surface area contributed by atoms with Gasteiger partial charge in [0.1, 0.15) is 0 Å². The molecule has 0 atom stereocenters. The molecule has 23 heavy (non-hydrogen) atoms. The highest BCUT2D eigenvalue weighted by Gasteiger charge is 2.36. The number of ether oxygens (including phenoxy) is 1. The lowest BCUT2D eigenvalue weighted by Gasteiger charge is -2.42. The van der Waals surface area contributed by atoms with E-state index in [2.05, 4.69) is 34.4 Å². The zero-order valence-electron chi connectivity index (χ0n) is 15.5. The Morgan fingerprint density at radius 1 is 1.22 bits per heavy atom. The van der Waals surface area contributed by atoms with Crippen LogP contribution in [0.3, 0.4) is 0 Å². The van der Waals surface area contributed by atoms with Crippen LogP contribution < -0.4 is 10.6 Å². The van der Waals surface area contributed by atoms with Crippen LogP contribution >= 0.6 is 24.0 Å². The maximum Gasteiger partial charge on any atom is 0.191 e. The van der Waals surface area contributed by atoms with Crippen molar-refractivity contribution < 1.29 is 4.74 Å². The molecular formula is C17H37IN4O. The van der Waals surface area contributed by atoms with E-state index in [1.807, 2.05) is 7.05 Å². The van der Waals surface area contributed by atoms with Crippen LogP contribution in [0.25, 0.3) is 0 Å². The van der Waals surface area contributed by atoms with Gasteiger partial charge in [-0.3, -0.25) is 4.99 Å². The van der Waals surface area contributed by atoms with Gasteiger partial charge in [0, 0.05) is 40.4 Å². The van der Waals surface area contributed by atoms with Gasteiger partial charge in [-0.15, -0.1) is 24.0 Å². The van der Waals surface area contributed by atoms with Crippen molar-refractivity contribution in [3.05, 3.63) is 0 Å². The molecule has 1 aliphatic rings. The van der Waals surface area contributed by atoms with Gasteiger partial charge in [0.25, 0.3) is 0 Å². The van der Waals surface area contributed by atoms with Crippen molar-refractivity contribution in [2.75, 3.05) is 53.5 Å². The highest BCUT2D eigenvalue weighted by atomic mass is 127. The van der Waals surface area contributed by atoms with Crippen LogP contribution in [0.15, 0.2) is 4.99 Å². The first-order valence-electron chi connectivity index (χ1n) is 8.85. The zero-order valence-corrected chi connectivity index (χ0v) is 17.8. The van der Waals surface area contributed by atoms with Gasteiger partial charge in [-0.1, -0.05) is 20.3 Å². The molecule has 0 aromatic rings. The predicted molar refractivity (Wildman–Crippen MR) is 110 cm³/mol. The van der Waals surface area contributed by atoms with E-state index in [-0.39, 0.29) is 24.0 Å². The lowest BCUT2D eigenvalue weighted by Crippen LogP contribution is -2.48. The standard InChI is InChI=1S/C17H36N4O.HI/c1-5-12-21(6-2)13-11-19-16(18-3)20-15-17(8-7-9-17)10-14-22-4;/h5-15H2,1-4H3,(H2,18,19,20);1H. The van der Waals surface area contributed by atoms with Gasteiger partial charge in [-0.2, -0.15) is 0 Å². The van der Waals surface area contributed by atoms with Gasteiger partial charge < -0.3 is 20.3 Å². The van der Waals surface area contributed by atoms with Gasteiger partial charge in [0.2, 0.25) is 0 Å². The van der Waals surface area contributed by atoms with E-state index in [0.29, 0.717) is 5.41 Å². The van der Waals surface area contributed by atoms with Gasteiger partial charge >= 0.3 is 0 Å². The van der Waals surface area contributed by atoms with Gasteiger partial charge in [-0.05, 0) is 44.2 Å². The van der Waals surface area contributed by atoms with Crippen LogP contribution in [0, 0.1) is 5.41 Å². The van der Waals surface area contributed by atoms with Crippen LogP contribution in [0.2, 0.25) is 0 Å². The SMILES string of the molecule is CCCN(CC)CCNC(=NC)NCC1(CCOC)CCC1.I. The molecular weight excluding hydrogens is 403 g/mol. The minimum absolute atomic E-state index is 0. The monoisotopic (exact) mass is 440 g/mol. The summed E-state index contributed by atoms with van der Waals surface area (Å²) in [5.74, 6) is 0.927. The molecule has 0 saturated heterocycles. The number of rotatable bonds is 11. The highest BCUT2D eigenvalue weighted by molar-refractivity contribution is 14.0. The molecule has 1 fully saturated rings. The third-order valence-electron chi connectivity index (χ3n) is 4.81. The van der Waals surface area contributed by atoms with Gasteiger partial charge in [0.05, 0.1) is 0 Å². The third kappa shape index (κ3) is 8.54. The van der Waals surface area contributed by atoms with Crippen molar-refractivity contribution in [2.45, 2.75) is 46.0 Å². The molecule has 0 spiro atoms. The molecule has 138 valence electrons. The van der Waals surface area contributed by atoms with Crippen LogP contribution in [0.5, 0.6) is 0 Å². The number of methoxy groups -OCH3 is 1. The molecule has 6 heteroatoms. The fourth-order valence-corrected chi connectivity index (χ4v) is 3.08. The topological polar surface area (TPSA) is 48.9 Å². The number of halogens is 1. The average Bonchev–Trinajstić information content (AvgIpc) is 2.50. The third-order valence-corrected chi connectivity index (χ3v) is 4.81. The summed E-state index contributed by atoms with van der Waals surface area (Å²) in [6, 6.07) is 0. The van der Waals surface area contributed by atoms with Crippen molar-refractivity contribution in [1.29, 1.82) is 0 Å². The lowest BCUT2D eigenvalue weighted by atomic mass is 9.67. The molecule has 0 amide bonds. The summed E-state index contributed by atoms with van der Waals surface area (Å²) in [5, 5.41) is 6.95. The maximum atomic E-state index is 5.25. The predicted octanol–water partition coefficient (Wildman–Crippen LogP) is 2.71. The van der Waals surface area contributed by atoms with E-state index >= 15 is 0 Å². The number of likely N-dealkylation sites (N-methyl/N-ethyl adjacent to an activating group) is 1. The lowest BCUT2D eigenvalue weighted by molar-refractivity contribution is 0.0732. The Morgan fingerprint density at radius 2 is 1.96 bits per heavy atom. The zero-order chi connectivity index (χ0) is 16.3. The number of hydrogen-bond acceptors (Lipinski definition) is 3. The Balaban J connectivity index is 0.00000484. The number of guanidine groups is 1. The first-order valence-corrected chi connectivity index (χ1v) is 8.85. The summed E-state index contributed by atoms with van der Waals surface area (Å²) >= 11 is 0. The minimum Gasteiger partial charge on any atom is -0.385 e. The summed E-state index contributed by atoms with van der Waals surface area (Å²) < 4.78 is 5.25. The fraction of sp³-hybridized carbons (Fsp3) is 0.941. The smallest absolute Gasteiger partial charge is 0.191 e. The Bertz CT molecular complexity index is 322. The van der Waals surface area contributed by atoms with Crippen molar-refractivity contribution in [1.82, 2.24) is 15.5 Å². The van der Waals surface area contributed by atoms with Crippen LogP contribution in [-0.4, -0.2) is 64.3 Å². The van der Waals surface area contributed by atoms with Crippen molar-refractivity contribution in [3.63, 3.8) is 0 Å². The molecule has 5 nitrogen and oxygen atoms in total. The molecule has 0 unspecified atom stereocenters. The highest BCUT2D eigenvalue weighted by Crippen LogP contribution is 2.43. The van der Waals surface area contributed by atoms with E-state index in [1.54, 1.807) is 7.11 Å². The molecule has 0 aliphatic heterocycles.